The Morgan fingerprint density at radius 1 is 1.40 bits per heavy atom. The van der Waals surface area contributed by atoms with Gasteiger partial charge < -0.3 is 15.2 Å². The van der Waals surface area contributed by atoms with Crippen LogP contribution in [0.2, 0.25) is 0 Å². The highest BCUT2D eigenvalue weighted by atomic mass is 32.1. The molecule has 0 saturated carbocycles. The fourth-order valence-corrected chi connectivity index (χ4v) is 3.45. The van der Waals surface area contributed by atoms with E-state index in [0.29, 0.717) is 29.6 Å². The van der Waals surface area contributed by atoms with Crippen LogP contribution in [-0.2, 0) is 4.74 Å². The molecule has 0 aromatic carbocycles. The molecule has 0 unspecified atom stereocenters. The van der Waals surface area contributed by atoms with Crippen molar-refractivity contribution in [2.75, 3.05) is 39.4 Å². The second-order valence-corrected chi connectivity index (χ2v) is 7.34. The molecule has 1 fully saturated rings. The van der Waals surface area contributed by atoms with Crippen LogP contribution in [-0.4, -0.2) is 70.9 Å². The third-order valence-electron chi connectivity index (χ3n) is 3.91. The zero-order chi connectivity index (χ0) is 17.7. The lowest BCUT2D eigenvalue weighted by Gasteiger charge is -2.33. The van der Waals surface area contributed by atoms with Gasteiger partial charge in [-0.15, -0.1) is 11.3 Å². The van der Waals surface area contributed by atoms with Gasteiger partial charge in [-0.3, -0.25) is 14.7 Å². The SMILES string of the molecule is C[C@](O)(CNC(=O)c1cnc(-c2ccccn2)s1)CN1CCOCC1. The smallest absolute Gasteiger partial charge is 0.263 e. The Morgan fingerprint density at radius 2 is 2.20 bits per heavy atom. The van der Waals surface area contributed by atoms with Crippen molar-refractivity contribution in [2.45, 2.75) is 12.5 Å². The number of morpholine rings is 1. The standard InChI is InChI=1S/C17H22N4O3S/c1-17(23,12-21-6-8-24-9-7-21)11-20-15(22)14-10-19-16(25-14)13-4-2-3-5-18-13/h2-5,10,23H,6-9,11-12H2,1H3,(H,20,22)/t17-/m0/s1. The Morgan fingerprint density at radius 3 is 2.92 bits per heavy atom. The van der Waals surface area contributed by atoms with E-state index in [2.05, 4.69) is 20.2 Å². The molecule has 1 atom stereocenters. The third-order valence-corrected chi connectivity index (χ3v) is 4.93. The van der Waals surface area contributed by atoms with Crippen LogP contribution in [0.1, 0.15) is 16.6 Å². The molecule has 7 nitrogen and oxygen atoms in total. The maximum atomic E-state index is 12.3. The van der Waals surface area contributed by atoms with Crippen LogP contribution in [0.25, 0.3) is 10.7 Å². The topological polar surface area (TPSA) is 87.6 Å². The van der Waals surface area contributed by atoms with E-state index >= 15 is 0 Å². The van der Waals surface area contributed by atoms with E-state index in [4.69, 9.17) is 4.74 Å². The van der Waals surface area contributed by atoms with Crippen LogP contribution in [0.15, 0.2) is 30.6 Å². The Kier molecular flexibility index (Phi) is 5.74. The van der Waals surface area contributed by atoms with Crippen molar-refractivity contribution in [3.8, 4) is 10.7 Å². The fraction of sp³-hybridized carbons (Fsp3) is 0.471. The second kappa shape index (κ2) is 8.01. The minimum atomic E-state index is -0.999. The molecule has 2 aromatic rings. The molecule has 3 rings (SSSR count). The van der Waals surface area contributed by atoms with Crippen LogP contribution in [0.4, 0.5) is 0 Å². The average Bonchev–Trinajstić information content (AvgIpc) is 3.11. The highest BCUT2D eigenvalue weighted by molar-refractivity contribution is 7.16. The van der Waals surface area contributed by atoms with E-state index in [0.717, 1.165) is 18.8 Å². The number of thiazole rings is 1. The van der Waals surface area contributed by atoms with Gasteiger partial charge in [-0.1, -0.05) is 6.07 Å². The number of carbonyl (C=O) groups excluding carboxylic acids is 1. The minimum absolute atomic E-state index is 0.181. The normalized spacial score (nSPS) is 17.8. The predicted octanol–water partition coefficient (Wildman–Crippen LogP) is 1.02. The molecule has 0 spiro atoms. The molecular weight excluding hydrogens is 340 g/mol. The van der Waals surface area contributed by atoms with Crippen LogP contribution in [0, 0.1) is 0 Å². The summed E-state index contributed by atoms with van der Waals surface area (Å²) in [6.07, 6.45) is 3.24. The molecule has 8 heteroatoms. The Labute approximate surface area is 150 Å². The quantitative estimate of drug-likeness (QED) is 0.798. The van der Waals surface area contributed by atoms with Gasteiger partial charge in [0.1, 0.15) is 9.88 Å². The summed E-state index contributed by atoms with van der Waals surface area (Å²) in [5.41, 5.74) is -0.257. The summed E-state index contributed by atoms with van der Waals surface area (Å²) in [5.74, 6) is -0.234. The van der Waals surface area contributed by atoms with Gasteiger partial charge in [0.05, 0.1) is 30.7 Å². The first kappa shape index (κ1) is 17.9. The fourth-order valence-electron chi connectivity index (χ4n) is 2.64. The summed E-state index contributed by atoms with van der Waals surface area (Å²) >= 11 is 1.29. The van der Waals surface area contributed by atoms with Crippen molar-refractivity contribution in [1.82, 2.24) is 20.2 Å². The summed E-state index contributed by atoms with van der Waals surface area (Å²) in [7, 11) is 0. The molecule has 3 heterocycles. The van der Waals surface area contributed by atoms with Crippen molar-refractivity contribution in [3.05, 3.63) is 35.5 Å². The molecule has 2 aromatic heterocycles. The molecule has 0 radical (unpaired) electrons. The molecule has 0 bridgehead atoms. The molecule has 1 aliphatic heterocycles. The average molecular weight is 362 g/mol. The largest absolute Gasteiger partial charge is 0.387 e. The van der Waals surface area contributed by atoms with Gasteiger partial charge >= 0.3 is 0 Å². The van der Waals surface area contributed by atoms with Gasteiger partial charge in [-0.25, -0.2) is 4.98 Å². The van der Waals surface area contributed by atoms with Crippen molar-refractivity contribution in [2.24, 2.45) is 0 Å². The Hall–Kier alpha value is -1.87. The lowest BCUT2D eigenvalue weighted by molar-refractivity contribution is -0.0213. The first-order valence-electron chi connectivity index (χ1n) is 8.21. The van der Waals surface area contributed by atoms with E-state index in [1.807, 2.05) is 18.2 Å². The van der Waals surface area contributed by atoms with Crippen molar-refractivity contribution in [1.29, 1.82) is 0 Å². The van der Waals surface area contributed by atoms with Gasteiger partial charge in [-0.05, 0) is 19.1 Å². The summed E-state index contributed by atoms with van der Waals surface area (Å²) < 4.78 is 5.31. The van der Waals surface area contributed by atoms with Crippen LogP contribution < -0.4 is 5.32 Å². The maximum absolute atomic E-state index is 12.3. The molecule has 134 valence electrons. The van der Waals surface area contributed by atoms with Gasteiger partial charge in [0.2, 0.25) is 0 Å². The monoisotopic (exact) mass is 362 g/mol. The Bertz CT molecular complexity index is 699. The molecule has 1 saturated heterocycles. The van der Waals surface area contributed by atoms with E-state index < -0.39 is 5.60 Å². The number of hydrogen-bond acceptors (Lipinski definition) is 7. The number of rotatable bonds is 6. The first-order valence-corrected chi connectivity index (χ1v) is 9.03. The van der Waals surface area contributed by atoms with Gasteiger partial charge in [-0.2, -0.15) is 0 Å². The van der Waals surface area contributed by atoms with Gasteiger partial charge in [0.25, 0.3) is 5.91 Å². The number of carbonyl (C=O) groups is 1. The molecule has 1 aliphatic rings. The van der Waals surface area contributed by atoms with E-state index in [1.54, 1.807) is 19.3 Å². The summed E-state index contributed by atoms with van der Waals surface area (Å²) in [4.78, 5) is 23.5. The van der Waals surface area contributed by atoms with Crippen LogP contribution >= 0.6 is 11.3 Å². The highest BCUT2D eigenvalue weighted by Gasteiger charge is 2.26. The lowest BCUT2D eigenvalue weighted by Crippen LogP contribution is -2.51. The summed E-state index contributed by atoms with van der Waals surface area (Å²) in [6, 6.07) is 5.57. The first-order chi connectivity index (χ1) is 12.0. The predicted molar refractivity (Wildman–Crippen MR) is 95.6 cm³/mol. The molecule has 1 amide bonds. The number of aliphatic hydroxyl groups is 1. The molecule has 25 heavy (non-hydrogen) atoms. The number of amides is 1. The molecule has 2 N–H and O–H groups in total. The number of aromatic nitrogens is 2. The zero-order valence-corrected chi connectivity index (χ0v) is 15.0. The highest BCUT2D eigenvalue weighted by Crippen LogP contribution is 2.23. The number of ether oxygens (including phenoxy) is 1. The van der Waals surface area contributed by atoms with Crippen LogP contribution in [0.5, 0.6) is 0 Å². The molecule has 0 aliphatic carbocycles. The van der Waals surface area contributed by atoms with E-state index in [-0.39, 0.29) is 12.5 Å². The van der Waals surface area contributed by atoms with E-state index in [1.165, 1.54) is 11.3 Å². The van der Waals surface area contributed by atoms with Crippen molar-refractivity contribution < 1.29 is 14.6 Å². The minimum Gasteiger partial charge on any atom is -0.387 e. The summed E-state index contributed by atoms with van der Waals surface area (Å²) in [5, 5.41) is 14.0. The van der Waals surface area contributed by atoms with E-state index in [9.17, 15) is 9.90 Å². The van der Waals surface area contributed by atoms with Gasteiger partial charge in [0.15, 0.2) is 0 Å². The van der Waals surface area contributed by atoms with Crippen molar-refractivity contribution >= 4 is 17.2 Å². The number of nitrogens with zero attached hydrogens (tertiary/aromatic N) is 3. The van der Waals surface area contributed by atoms with Crippen LogP contribution in [0.3, 0.4) is 0 Å². The second-order valence-electron chi connectivity index (χ2n) is 6.31. The number of hydrogen-bond donors (Lipinski definition) is 2. The zero-order valence-electron chi connectivity index (χ0n) is 14.1. The number of β-amino-alcohol motifs (C(OH)–C–C–N with tert-alkyl or cyclic N) is 1. The lowest BCUT2D eigenvalue weighted by atomic mass is 10.1. The number of nitrogens with one attached hydrogen (secondary N) is 1. The maximum Gasteiger partial charge on any atom is 0.263 e. The molecular formula is C17H22N4O3S. The number of pyridine rings is 1. The summed E-state index contributed by atoms with van der Waals surface area (Å²) in [6.45, 7) is 5.37. The van der Waals surface area contributed by atoms with Gasteiger partial charge in [0, 0.05) is 32.4 Å². The van der Waals surface area contributed by atoms with Crippen molar-refractivity contribution in [3.63, 3.8) is 0 Å². The third kappa shape index (κ3) is 5.05. The Balaban J connectivity index is 1.54.